The van der Waals surface area contributed by atoms with E-state index in [9.17, 15) is 0 Å². The second-order valence-corrected chi connectivity index (χ2v) is 8.55. The van der Waals surface area contributed by atoms with E-state index in [1.54, 1.807) is 0 Å². The van der Waals surface area contributed by atoms with Gasteiger partial charge in [0, 0.05) is 18.6 Å². The molecule has 1 saturated heterocycles. The highest BCUT2D eigenvalue weighted by molar-refractivity contribution is 4.96. The molecule has 1 N–H and O–H groups in total. The predicted octanol–water partition coefficient (Wildman–Crippen LogP) is 4.16. The van der Waals surface area contributed by atoms with Crippen LogP contribution in [-0.4, -0.2) is 37.1 Å². The van der Waals surface area contributed by atoms with E-state index >= 15 is 0 Å². The fourth-order valence-corrected chi connectivity index (χ4v) is 4.48. The smallest absolute Gasteiger partial charge is 0.0252 e. The van der Waals surface area contributed by atoms with Gasteiger partial charge < -0.3 is 5.32 Å². The molecule has 0 bridgehead atoms. The minimum Gasteiger partial charge on any atom is -0.315 e. The van der Waals surface area contributed by atoms with Crippen LogP contribution in [0.2, 0.25) is 0 Å². The van der Waals surface area contributed by atoms with Gasteiger partial charge in [-0.15, -0.1) is 0 Å². The Hall–Kier alpha value is -0.0800. The van der Waals surface area contributed by atoms with Crippen molar-refractivity contribution < 1.29 is 0 Å². The number of piperidine rings is 1. The second kappa shape index (κ2) is 7.00. The third-order valence-electron chi connectivity index (χ3n) is 7.04. The Kier molecular flexibility index (Phi) is 5.76. The molecule has 0 aromatic heterocycles. The lowest BCUT2D eigenvalue weighted by atomic mass is 9.67. The van der Waals surface area contributed by atoms with E-state index in [1.165, 1.54) is 45.2 Å². The average molecular weight is 295 g/mol. The lowest BCUT2D eigenvalue weighted by Gasteiger charge is -2.49. The normalized spacial score (nSPS) is 39.4. The zero-order valence-corrected chi connectivity index (χ0v) is 15.3. The van der Waals surface area contributed by atoms with Crippen molar-refractivity contribution in [1.82, 2.24) is 10.2 Å². The third-order valence-corrected chi connectivity index (χ3v) is 7.04. The molecule has 2 aliphatic rings. The Morgan fingerprint density at radius 3 is 2.38 bits per heavy atom. The molecule has 1 saturated carbocycles. The molecule has 5 unspecified atom stereocenters. The fraction of sp³-hybridized carbons (Fsp3) is 1.00. The van der Waals surface area contributed by atoms with Crippen molar-refractivity contribution in [3.8, 4) is 0 Å². The Bertz CT molecular complexity index is 326. The molecule has 0 spiro atoms. The van der Waals surface area contributed by atoms with Gasteiger partial charge >= 0.3 is 0 Å². The lowest BCUT2D eigenvalue weighted by molar-refractivity contribution is 0.0194. The highest BCUT2D eigenvalue weighted by Crippen LogP contribution is 2.42. The van der Waals surface area contributed by atoms with Crippen molar-refractivity contribution in [1.29, 1.82) is 0 Å². The van der Waals surface area contributed by atoms with Gasteiger partial charge in [0.1, 0.15) is 0 Å². The molecule has 2 nitrogen and oxygen atoms in total. The van der Waals surface area contributed by atoms with E-state index < -0.39 is 0 Å². The van der Waals surface area contributed by atoms with E-state index in [4.69, 9.17) is 0 Å². The maximum atomic E-state index is 3.63. The summed E-state index contributed by atoms with van der Waals surface area (Å²) in [7, 11) is 2.17. The zero-order chi connectivity index (χ0) is 15.6. The first-order valence-electron chi connectivity index (χ1n) is 9.30. The number of likely N-dealkylation sites (tertiary alicyclic amines) is 1. The number of nitrogens with one attached hydrogen (secondary N) is 1. The SMILES string of the molecule is CCC(C)(C)C1CCC(NC)C(N2CCC(C)C(C)C2)C1. The topological polar surface area (TPSA) is 15.3 Å². The van der Waals surface area contributed by atoms with Crippen LogP contribution in [0.4, 0.5) is 0 Å². The summed E-state index contributed by atoms with van der Waals surface area (Å²) >= 11 is 0. The zero-order valence-electron chi connectivity index (χ0n) is 15.3. The van der Waals surface area contributed by atoms with Crippen LogP contribution >= 0.6 is 0 Å². The maximum absolute atomic E-state index is 3.63. The molecular formula is C19H38N2. The van der Waals surface area contributed by atoms with Gasteiger partial charge in [-0.25, -0.2) is 0 Å². The minimum atomic E-state index is 0.506. The molecule has 21 heavy (non-hydrogen) atoms. The maximum Gasteiger partial charge on any atom is 0.0252 e. The molecule has 2 rings (SSSR count). The number of nitrogens with zero attached hydrogens (tertiary/aromatic N) is 1. The van der Waals surface area contributed by atoms with Crippen molar-refractivity contribution in [3.05, 3.63) is 0 Å². The van der Waals surface area contributed by atoms with Crippen molar-refractivity contribution in [2.24, 2.45) is 23.2 Å². The van der Waals surface area contributed by atoms with E-state index in [-0.39, 0.29) is 0 Å². The molecule has 0 aromatic rings. The van der Waals surface area contributed by atoms with Gasteiger partial charge in [-0.2, -0.15) is 0 Å². The van der Waals surface area contributed by atoms with E-state index in [1.807, 2.05) is 0 Å². The monoisotopic (exact) mass is 294 g/mol. The van der Waals surface area contributed by atoms with Gasteiger partial charge in [0.15, 0.2) is 0 Å². The van der Waals surface area contributed by atoms with Crippen molar-refractivity contribution in [2.75, 3.05) is 20.1 Å². The minimum absolute atomic E-state index is 0.506. The molecule has 2 fully saturated rings. The largest absolute Gasteiger partial charge is 0.315 e. The highest BCUT2D eigenvalue weighted by Gasteiger charge is 2.40. The van der Waals surface area contributed by atoms with Gasteiger partial charge in [0.05, 0.1) is 0 Å². The molecule has 1 aliphatic carbocycles. The van der Waals surface area contributed by atoms with Gasteiger partial charge in [0.25, 0.3) is 0 Å². The van der Waals surface area contributed by atoms with Crippen LogP contribution in [0.3, 0.4) is 0 Å². The van der Waals surface area contributed by atoms with Crippen LogP contribution in [0.1, 0.15) is 66.7 Å². The van der Waals surface area contributed by atoms with Crippen LogP contribution < -0.4 is 5.32 Å². The van der Waals surface area contributed by atoms with Crippen molar-refractivity contribution in [2.45, 2.75) is 78.8 Å². The lowest BCUT2D eigenvalue weighted by Crippen LogP contribution is -2.56. The van der Waals surface area contributed by atoms with Crippen LogP contribution in [0.15, 0.2) is 0 Å². The van der Waals surface area contributed by atoms with Crippen LogP contribution in [0, 0.1) is 23.2 Å². The molecule has 124 valence electrons. The number of hydrogen-bond donors (Lipinski definition) is 1. The standard InChI is InChI=1S/C19H38N2/c1-7-19(4,5)16-8-9-17(20-6)18(12-16)21-11-10-14(2)15(3)13-21/h14-18,20H,7-13H2,1-6H3. The average Bonchev–Trinajstić information content (AvgIpc) is 2.49. The van der Waals surface area contributed by atoms with Gasteiger partial charge in [-0.1, -0.05) is 41.0 Å². The van der Waals surface area contributed by atoms with Crippen LogP contribution in [0.5, 0.6) is 0 Å². The molecule has 1 aliphatic heterocycles. The second-order valence-electron chi connectivity index (χ2n) is 8.55. The van der Waals surface area contributed by atoms with Gasteiger partial charge in [-0.3, -0.25) is 4.90 Å². The molecule has 0 radical (unpaired) electrons. The van der Waals surface area contributed by atoms with Gasteiger partial charge in [-0.05, 0) is 62.4 Å². The summed E-state index contributed by atoms with van der Waals surface area (Å²) in [6.07, 6.45) is 6.85. The summed E-state index contributed by atoms with van der Waals surface area (Å²) in [4.78, 5) is 2.82. The molecule has 0 amide bonds. The van der Waals surface area contributed by atoms with Crippen molar-refractivity contribution in [3.63, 3.8) is 0 Å². The highest BCUT2D eigenvalue weighted by atomic mass is 15.2. The van der Waals surface area contributed by atoms with E-state index in [0.717, 1.165) is 23.8 Å². The molecular weight excluding hydrogens is 256 g/mol. The summed E-state index contributed by atoms with van der Waals surface area (Å²) < 4.78 is 0. The Labute approximate surface area is 133 Å². The Balaban J connectivity index is 2.06. The molecule has 0 aromatic carbocycles. The fourth-order valence-electron chi connectivity index (χ4n) is 4.48. The summed E-state index contributed by atoms with van der Waals surface area (Å²) in [5, 5.41) is 3.63. The Morgan fingerprint density at radius 2 is 1.81 bits per heavy atom. The molecule has 2 heteroatoms. The summed E-state index contributed by atoms with van der Waals surface area (Å²) in [5.74, 6) is 2.66. The number of likely N-dealkylation sites (N-methyl/N-ethyl adjacent to an activating group) is 1. The van der Waals surface area contributed by atoms with Crippen LogP contribution in [-0.2, 0) is 0 Å². The Morgan fingerprint density at radius 1 is 1.10 bits per heavy atom. The van der Waals surface area contributed by atoms with Gasteiger partial charge in [0.2, 0.25) is 0 Å². The quantitative estimate of drug-likeness (QED) is 0.837. The molecule has 1 heterocycles. The first-order valence-corrected chi connectivity index (χ1v) is 9.30. The predicted molar refractivity (Wildman–Crippen MR) is 92.6 cm³/mol. The van der Waals surface area contributed by atoms with Crippen LogP contribution in [0.25, 0.3) is 0 Å². The summed E-state index contributed by atoms with van der Waals surface area (Å²) in [6.45, 7) is 14.8. The number of rotatable bonds is 4. The number of hydrogen-bond acceptors (Lipinski definition) is 2. The van der Waals surface area contributed by atoms with Crippen molar-refractivity contribution >= 4 is 0 Å². The first kappa shape index (κ1) is 17.3. The van der Waals surface area contributed by atoms with E-state index in [2.05, 4.69) is 51.9 Å². The van der Waals surface area contributed by atoms with E-state index in [0.29, 0.717) is 11.5 Å². The molecule has 5 atom stereocenters. The third kappa shape index (κ3) is 3.82. The first-order chi connectivity index (χ1) is 9.89. The summed E-state index contributed by atoms with van der Waals surface area (Å²) in [5.41, 5.74) is 0.506. The summed E-state index contributed by atoms with van der Waals surface area (Å²) in [6, 6.07) is 1.46.